The standard InChI is InChI=1S/C19H21ClN4/c1-14-2-7-18-22-19(15-3-5-16(20)6-4-15)17(24(18)12-14)13-23-10-8-21-9-11-23/h2-7,12,21H,8-11,13H2,1H3. The van der Waals surface area contributed by atoms with Crippen LogP contribution in [0.4, 0.5) is 0 Å². The zero-order valence-corrected chi connectivity index (χ0v) is 14.6. The van der Waals surface area contributed by atoms with E-state index < -0.39 is 0 Å². The molecule has 0 bridgehead atoms. The minimum atomic E-state index is 0.752. The van der Waals surface area contributed by atoms with Crippen LogP contribution in [0.3, 0.4) is 0 Å². The van der Waals surface area contributed by atoms with Crippen molar-refractivity contribution in [2.24, 2.45) is 0 Å². The van der Waals surface area contributed by atoms with Crippen LogP contribution in [0.2, 0.25) is 5.02 Å². The summed E-state index contributed by atoms with van der Waals surface area (Å²) in [7, 11) is 0. The van der Waals surface area contributed by atoms with Crippen LogP contribution in [0.25, 0.3) is 16.9 Å². The van der Waals surface area contributed by atoms with Crippen molar-refractivity contribution in [1.29, 1.82) is 0 Å². The van der Waals surface area contributed by atoms with Gasteiger partial charge >= 0.3 is 0 Å². The first-order chi connectivity index (χ1) is 11.7. The van der Waals surface area contributed by atoms with Gasteiger partial charge in [-0.15, -0.1) is 0 Å². The SMILES string of the molecule is Cc1ccc2nc(-c3ccc(Cl)cc3)c(CN3CCNCC3)n2c1. The lowest BCUT2D eigenvalue weighted by molar-refractivity contribution is 0.230. The van der Waals surface area contributed by atoms with Crippen molar-refractivity contribution in [1.82, 2.24) is 19.6 Å². The van der Waals surface area contributed by atoms with E-state index in [0.717, 1.165) is 54.7 Å². The Morgan fingerprint density at radius 3 is 2.58 bits per heavy atom. The summed E-state index contributed by atoms with van der Waals surface area (Å²) in [5.74, 6) is 0. The normalized spacial score (nSPS) is 15.9. The molecule has 3 aromatic rings. The Kier molecular flexibility index (Phi) is 4.27. The lowest BCUT2D eigenvalue weighted by atomic mass is 10.1. The van der Waals surface area contributed by atoms with Gasteiger partial charge in [0.05, 0.1) is 11.4 Å². The Morgan fingerprint density at radius 1 is 1.08 bits per heavy atom. The molecule has 5 heteroatoms. The number of nitrogens with zero attached hydrogens (tertiary/aromatic N) is 3. The van der Waals surface area contributed by atoms with E-state index in [-0.39, 0.29) is 0 Å². The molecule has 3 heterocycles. The smallest absolute Gasteiger partial charge is 0.137 e. The zero-order valence-electron chi connectivity index (χ0n) is 13.8. The predicted molar refractivity (Wildman–Crippen MR) is 98.5 cm³/mol. The van der Waals surface area contributed by atoms with Crippen LogP contribution in [0.5, 0.6) is 0 Å². The summed E-state index contributed by atoms with van der Waals surface area (Å²) in [6.45, 7) is 7.26. The molecule has 2 aromatic heterocycles. The molecule has 0 unspecified atom stereocenters. The summed E-state index contributed by atoms with van der Waals surface area (Å²) in [4.78, 5) is 7.38. The topological polar surface area (TPSA) is 32.6 Å². The molecule has 0 amide bonds. The molecule has 0 spiro atoms. The van der Waals surface area contributed by atoms with Crippen molar-refractivity contribution in [3.63, 3.8) is 0 Å². The maximum Gasteiger partial charge on any atom is 0.137 e. The quantitative estimate of drug-likeness (QED) is 0.793. The monoisotopic (exact) mass is 340 g/mol. The number of halogens is 1. The van der Waals surface area contributed by atoms with E-state index in [9.17, 15) is 0 Å². The van der Waals surface area contributed by atoms with Gasteiger partial charge in [0, 0.05) is 49.5 Å². The predicted octanol–water partition coefficient (Wildman–Crippen LogP) is 3.37. The maximum absolute atomic E-state index is 6.05. The van der Waals surface area contributed by atoms with E-state index in [4.69, 9.17) is 16.6 Å². The van der Waals surface area contributed by atoms with Crippen LogP contribution in [0, 0.1) is 6.92 Å². The average molecular weight is 341 g/mol. The van der Waals surface area contributed by atoms with Gasteiger partial charge in [0.25, 0.3) is 0 Å². The van der Waals surface area contributed by atoms with Crippen molar-refractivity contribution < 1.29 is 0 Å². The highest BCUT2D eigenvalue weighted by Crippen LogP contribution is 2.27. The molecule has 0 radical (unpaired) electrons. The van der Waals surface area contributed by atoms with Crippen LogP contribution in [-0.2, 0) is 6.54 Å². The summed E-state index contributed by atoms with van der Waals surface area (Å²) >= 11 is 6.05. The van der Waals surface area contributed by atoms with Crippen LogP contribution >= 0.6 is 11.6 Å². The van der Waals surface area contributed by atoms with Gasteiger partial charge in [-0.05, 0) is 30.7 Å². The minimum absolute atomic E-state index is 0.752. The van der Waals surface area contributed by atoms with E-state index >= 15 is 0 Å². The highest BCUT2D eigenvalue weighted by Gasteiger charge is 2.18. The minimum Gasteiger partial charge on any atom is -0.314 e. The largest absolute Gasteiger partial charge is 0.314 e. The number of hydrogen-bond donors (Lipinski definition) is 1. The second-order valence-corrected chi connectivity index (χ2v) is 6.81. The van der Waals surface area contributed by atoms with Crippen LogP contribution in [0.1, 0.15) is 11.3 Å². The number of nitrogens with one attached hydrogen (secondary N) is 1. The van der Waals surface area contributed by atoms with Gasteiger partial charge in [-0.25, -0.2) is 4.98 Å². The van der Waals surface area contributed by atoms with Crippen LogP contribution in [0.15, 0.2) is 42.6 Å². The van der Waals surface area contributed by atoms with Crippen molar-refractivity contribution in [3.8, 4) is 11.3 Å². The third kappa shape index (κ3) is 3.05. The van der Waals surface area contributed by atoms with Gasteiger partial charge in [-0.1, -0.05) is 29.8 Å². The number of aromatic nitrogens is 2. The molecule has 1 aliphatic heterocycles. The first-order valence-electron chi connectivity index (χ1n) is 8.37. The lowest BCUT2D eigenvalue weighted by Crippen LogP contribution is -2.43. The Bertz CT molecular complexity index is 848. The number of imidazole rings is 1. The molecule has 1 fully saturated rings. The number of benzene rings is 1. The van der Waals surface area contributed by atoms with Crippen molar-refractivity contribution >= 4 is 17.2 Å². The van der Waals surface area contributed by atoms with Gasteiger partial charge in [-0.2, -0.15) is 0 Å². The number of pyridine rings is 1. The second-order valence-electron chi connectivity index (χ2n) is 6.37. The zero-order chi connectivity index (χ0) is 16.5. The number of fused-ring (bicyclic) bond motifs is 1. The third-order valence-electron chi connectivity index (χ3n) is 4.57. The highest BCUT2D eigenvalue weighted by molar-refractivity contribution is 6.30. The van der Waals surface area contributed by atoms with Crippen molar-refractivity contribution in [3.05, 3.63) is 58.9 Å². The van der Waals surface area contributed by atoms with E-state index in [0.29, 0.717) is 0 Å². The van der Waals surface area contributed by atoms with Gasteiger partial charge in [0.2, 0.25) is 0 Å². The molecular weight excluding hydrogens is 320 g/mol. The van der Waals surface area contributed by atoms with Crippen LogP contribution in [-0.4, -0.2) is 40.5 Å². The molecule has 4 nitrogen and oxygen atoms in total. The lowest BCUT2D eigenvalue weighted by Gasteiger charge is -2.27. The van der Waals surface area contributed by atoms with Gasteiger partial charge in [0.1, 0.15) is 5.65 Å². The number of aryl methyl sites for hydroxylation is 1. The van der Waals surface area contributed by atoms with E-state index in [1.54, 1.807) is 0 Å². The van der Waals surface area contributed by atoms with Gasteiger partial charge in [-0.3, -0.25) is 4.90 Å². The summed E-state index contributed by atoms with van der Waals surface area (Å²) in [5, 5.41) is 4.17. The second kappa shape index (κ2) is 6.55. The van der Waals surface area contributed by atoms with Gasteiger partial charge < -0.3 is 9.72 Å². The first kappa shape index (κ1) is 15.6. The molecule has 0 atom stereocenters. The third-order valence-corrected chi connectivity index (χ3v) is 4.82. The summed E-state index contributed by atoms with van der Waals surface area (Å²) < 4.78 is 2.24. The fraction of sp³-hybridized carbons (Fsp3) is 0.316. The summed E-state index contributed by atoms with van der Waals surface area (Å²) in [6.07, 6.45) is 2.18. The Hall–Kier alpha value is -1.88. The molecule has 1 aromatic carbocycles. The molecule has 124 valence electrons. The van der Waals surface area contributed by atoms with E-state index in [1.807, 2.05) is 12.1 Å². The fourth-order valence-electron chi connectivity index (χ4n) is 3.27. The molecule has 24 heavy (non-hydrogen) atoms. The van der Waals surface area contributed by atoms with E-state index in [2.05, 4.69) is 52.0 Å². The highest BCUT2D eigenvalue weighted by atomic mass is 35.5. The molecule has 1 aliphatic rings. The first-order valence-corrected chi connectivity index (χ1v) is 8.75. The number of hydrogen-bond acceptors (Lipinski definition) is 3. The number of rotatable bonds is 3. The molecular formula is C19H21ClN4. The maximum atomic E-state index is 6.05. The van der Waals surface area contributed by atoms with E-state index in [1.165, 1.54) is 11.3 Å². The Morgan fingerprint density at radius 2 is 1.83 bits per heavy atom. The average Bonchev–Trinajstić information content (AvgIpc) is 2.94. The number of piperazine rings is 1. The molecule has 0 saturated carbocycles. The molecule has 4 rings (SSSR count). The van der Waals surface area contributed by atoms with Gasteiger partial charge in [0.15, 0.2) is 0 Å². The van der Waals surface area contributed by atoms with Crippen molar-refractivity contribution in [2.45, 2.75) is 13.5 Å². The molecule has 1 N–H and O–H groups in total. The Balaban J connectivity index is 1.81. The Labute approximate surface area is 147 Å². The summed E-state index contributed by atoms with van der Waals surface area (Å²) in [6, 6.07) is 12.2. The summed E-state index contributed by atoms with van der Waals surface area (Å²) in [5.41, 5.74) is 5.65. The molecule has 0 aliphatic carbocycles. The fourth-order valence-corrected chi connectivity index (χ4v) is 3.40. The molecule has 1 saturated heterocycles. The van der Waals surface area contributed by atoms with Crippen LogP contribution < -0.4 is 5.32 Å². The van der Waals surface area contributed by atoms with Crippen molar-refractivity contribution in [2.75, 3.05) is 26.2 Å².